The molecule has 1 aromatic heterocycles. The van der Waals surface area contributed by atoms with E-state index >= 15 is 0 Å². The average molecular weight is 1060 g/mol. The molecule has 5 heteroatoms. The number of furan rings is 1. The van der Waals surface area contributed by atoms with Crippen LogP contribution in [0.15, 0.2) is 320 Å². The van der Waals surface area contributed by atoms with Gasteiger partial charge >= 0.3 is 6.85 Å². The number of para-hydroxylation sites is 1. The molecule has 0 amide bonds. The van der Waals surface area contributed by atoms with E-state index in [9.17, 15) is 0 Å². The highest BCUT2D eigenvalue weighted by atomic mass is 16.3. The summed E-state index contributed by atoms with van der Waals surface area (Å²) in [5.41, 5.74) is 26.6. The van der Waals surface area contributed by atoms with Gasteiger partial charge in [0.05, 0.1) is 0 Å². The van der Waals surface area contributed by atoms with Gasteiger partial charge in [-0.25, -0.2) is 0 Å². The molecule has 0 aliphatic carbocycles. The molecular weight excluding hydrogens is 1010 g/mol. The first-order valence-corrected chi connectivity index (χ1v) is 28.5. The van der Waals surface area contributed by atoms with Crippen LogP contribution < -0.4 is 25.5 Å². The molecule has 14 aromatic rings. The van der Waals surface area contributed by atoms with Crippen molar-refractivity contribution in [2.24, 2.45) is 0 Å². The molecule has 2 aliphatic heterocycles. The van der Waals surface area contributed by atoms with E-state index in [-0.39, 0.29) is 6.85 Å². The quantitative estimate of drug-likeness (QED) is 0.127. The monoisotopic (exact) mass is 1060 g/mol. The predicted octanol–water partition coefficient (Wildman–Crippen LogP) is 20.1. The van der Waals surface area contributed by atoms with Crippen molar-refractivity contribution < 1.29 is 4.42 Å². The Balaban J connectivity index is 0.988. The van der Waals surface area contributed by atoms with Gasteiger partial charge in [0.15, 0.2) is 0 Å². The molecular formula is C78H52BN3O. The van der Waals surface area contributed by atoms with Gasteiger partial charge in [-0.1, -0.05) is 231 Å². The first-order valence-electron chi connectivity index (χ1n) is 28.5. The van der Waals surface area contributed by atoms with Crippen molar-refractivity contribution in [2.45, 2.75) is 0 Å². The summed E-state index contributed by atoms with van der Waals surface area (Å²) in [4.78, 5) is 7.57. The second-order valence-corrected chi connectivity index (χ2v) is 21.6. The number of hydrogen-bond donors (Lipinski definition) is 0. The largest absolute Gasteiger partial charge is 0.455 e. The third kappa shape index (κ3) is 8.32. The van der Waals surface area contributed by atoms with Gasteiger partial charge in [0.2, 0.25) is 0 Å². The molecule has 4 nitrogen and oxygen atoms in total. The smallest absolute Gasteiger partial charge is 0.333 e. The minimum atomic E-state index is -0.292. The van der Waals surface area contributed by atoms with E-state index in [2.05, 4.69) is 330 Å². The van der Waals surface area contributed by atoms with Gasteiger partial charge in [-0.05, 0) is 151 Å². The molecule has 0 fully saturated rings. The third-order valence-corrected chi connectivity index (χ3v) is 16.8. The normalized spacial score (nSPS) is 12.3. The van der Waals surface area contributed by atoms with Crippen molar-refractivity contribution in [3.05, 3.63) is 315 Å². The first-order chi connectivity index (χ1) is 41.2. The molecule has 388 valence electrons. The van der Waals surface area contributed by atoms with E-state index in [1.54, 1.807) is 0 Å². The Kier molecular flexibility index (Phi) is 11.6. The van der Waals surface area contributed by atoms with Gasteiger partial charge in [-0.3, -0.25) is 0 Å². The van der Waals surface area contributed by atoms with Crippen LogP contribution in [0.4, 0.5) is 45.5 Å². The Morgan fingerprint density at radius 2 is 0.747 bits per heavy atom. The zero-order chi connectivity index (χ0) is 54.8. The van der Waals surface area contributed by atoms with Gasteiger partial charge in [0.1, 0.15) is 11.2 Å². The molecule has 0 unspecified atom stereocenters. The Bertz CT molecular complexity index is 4640. The highest BCUT2D eigenvalue weighted by molar-refractivity contribution is 6.94. The minimum absolute atomic E-state index is 0.292. The van der Waals surface area contributed by atoms with Crippen LogP contribution in [0.3, 0.4) is 0 Å². The van der Waals surface area contributed by atoms with Crippen LogP contribution in [0.25, 0.3) is 88.7 Å². The topological polar surface area (TPSA) is 22.9 Å². The fraction of sp³-hybridized carbons (Fsp3) is 0. The summed E-state index contributed by atoms with van der Waals surface area (Å²) in [7, 11) is 0. The zero-order valence-corrected chi connectivity index (χ0v) is 45.3. The van der Waals surface area contributed by atoms with E-state index in [0.717, 1.165) is 106 Å². The van der Waals surface area contributed by atoms with E-state index in [1.165, 1.54) is 38.7 Å². The van der Waals surface area contributed by atoms with Crippen molar-refractivity contribution in [1.82, 2.24) is 0 Å². The molecule has 13 aromatic carbocycles. The Labute approximate surface area is 483 Å². The van der Waals surface area contributed by atoms with Crippen LogP contribution in [0.1, 0.15) is 0 Å². The highest BCUT2D eigenvalue weighted by Gasteiger charge is 2.47. The molecule has 0 radical (unpaired) electrons. The summed E-state index contributed by atoms with van der Waals surface area (Å²) in [6.45, 7) is -0.292. The molecule has 0 saturated carbocycles. The lowest BCUT2D eigenvalue weighted by Gasteiger charge is -2.46. The fourth-order valence-corrected chi connectivity index (χ4v) is 12.9. The lowest BCUT2D eigenvalue weighted by molar-refractivity contribution is 0.670. The number of nitrogens with zero attached hydrogens (tertiary/aromatic N) is 3. The van der Waals surface area contributed by atoms with Crippen molar-refractivity contribution >= 4 is 85.2 Å². The van der Waals surface area contributed by atoms with Gasteiger partial charge in [0, 0.05) is 67.4 Å². The minimum Gasteiger partial charge on any atom is -0.455 e. The molecule has 2 aliphatic rings. The number of anilines is 8. The van der Waals surface area contributed by atoms with E-state index in [4.69, 9.17) is 4.42 Å². The highest BCUT2D eigenvalue weighted by Crippen LogP contribution is 2.53. The number of benzene rings is 13. The molecule has 0 bridgehead atoms. The van der Waals surface area contributed by atoms with Gasteiger partial charge in [-0.15, -0.1) is 0 Å². The maximum atomic E-state index is 7.23. The number of rotatable bonds is 10. The van der Waals surface area contributed by atoms with Gasteiger partial charge in [-0.2, -0.15) is 0 Å². The number of hydrogen-bond acceptors (Lipinski definition) is 4. The van der Waals surface area contributed by atoms with Crippen LogP contribution >= 0.6 is 0 Å². The summed E-state index contributed by atoms with van der Waals surface area (Å²) in [5.74, 6) is 0. The third-order valence-electron chi connectivity index (χ3n) is 16.8. The second kappa shape index (κ2) is 20.0. The van der Waals surface area contributed by atoms with Crippen molar-refractivity contribution in [3.8, 4) is 66.8 Å². The first kappa shape index (κ1) is 48.1. The summed E-state index contributed by atoms with van der Waals surface area (Å²) < 4.78 is 7.23. The summed E-state index contributed by atoms with van der Waals surface area (Å²) in [6, 6.07) is 115. The molecule has 0 N–H and O–H groups in total. The van der Waals surface area contributed by atoms with Crippen molar-refractivity contribution in [1.29, 1.82) is 0 Å². The summed E-state index contributed by atoms with van der Waals surface area (Å²) in [5, 5.41) is 2.16. The molecule has 83 heavy (non-hydrogen) atoms. The average Bonchev–Trinajstić information content (AvgIpc) is 1.80. The predicted molar refractivity (Wildman–Crippen MR) is 349 cm³/mol. The molecule has 3 heterocycles. The Morgan fingerprint density at radius 3 is 1.31 bits per heavy atom. The molecule has 16 rings (SSSR count). The Hall–Kier alpha value is -10.9. The van der Waals surface area contributed by atoms with Crippen LogP contribution in [0, 0.1) is 0 Å². The lowest BCUT2D eigenvalue weighted by Crippen LogP contribution is -2.61. The fourth-order valence-electron chi connectivity index (χ4n) is 12.9. The van der Waals surface area contributed by atoms with E-state index in [1.807, 2.05) is 0 Å². The van der Waals surface area contributed by atoms with Gasteiger partial charge < -0.3 is 19.0 Å². The summed E-state index contributed by atoms with van der Waals surface area (Å²) >= 11 is 0. The van der Waals surface area contributed by atoms with E-state index in [0.29, 0.717) is 0 Å². The number of fused-ring (bicyclic) bond motifs is 8. The maximum Gasteiger partial charge on any atom is 0.333 e. The summed E-state index contributed by atoms with van der Waals surface area (Å²) in [6.07, 6.45) is 0. The van der Waals surface area contributed by atoms with E-state index < -0.39 is 0 Å². The van der Waals surface area contributed by atoms with Crippen LogP contribution in [0.2, 0.25) is 0 Å². The SMILES string of the molecule is c1ccc(-c2ccc(N(c3ccc(-c4ccccc4)cc3)c3ccc4c(c3)N(c3cccc(-c5ccccc5)c3)c3cc5c(oc6ccccc65)c5c3B4N(c3cccc(-c4ccccc4)c3)c3ccc(-c4ccccc4)cc3-5)cc2)cc1. The lowest BCUT2D eigenvalue weighted by atomic mass is 9.43. The van der Waals surface area contributed by atoms with Crippen molar-refractivity contribution in [2.75, 3.05) is 14.6 Å². The van der Waals surface area contributed by atoms with Crippen molar-refractivity contribution in [3.63, 3.8) is 0 Å². The molecule has 0 spiro atoms. The molecule has 0 atom stereocenters. The zero-order valence-electron chi connectivity index (χ0n) is 45.3. The van der Waals surface area contributed by atoms with Crippen LogP contribution in [-0.2, 0) is 0 Å². The van der Waals surface area contributed by atoms with Crippen LogP contribution in [0.5, 0.6) is 0 Å². The maximum absolute atomic E-state index is 7.23. The Morgan fingerprint density at radius 1 is 0.301 bits per heavy atom. The van der Waals surface area contributed by atoms with Gasteiger partial charge in [0.25, 0.3) is 0 Å². The molecule has 0 saturated heterocycles. The second-order valence-electron chi connectivity index (χ2n) is 21.6. The standard InChI is InChI=1S/C78H52BN3O/c1-6-20-53(21-7-1)58-36-41-63(42-37-58)80(64-43-38-59(39-44-64)54-22-8-2-9-23-54)66-45-46-71-73(51-66)81(65-32-18-30-60(48-65)55-24-10-3-11-25-55)74-52-69-68-34-16-17-35-75(68)83-78(69)76-70-50-62(57-28-14-5-15-29-57)40-47-72(70)82(79(71)77(74)76)67-33-19-31-61(49-67)56-26-12-4-13-27-56/h1-52H. The van der Waals surface area contributed by atoms with Crippen LogP contribution in [-0.4, -0.2) is 6.85 Å².